The number of likely N-dealkylation sites (tertiary alicyclic amines) is 2. The maximum atomic E-state index is 13.0. The molecule has 0 aliphatic carbocycles. The van der Waals surface area contributed by atoms with E-state index in [0.717, 1.165) is 81.0 Å². The molecule has 4 saturated heterocycles. The zero-order valence-electron chi connectivity index (χ0n) is 20.8. The van der Waals surface area contributed by atoms with Gasteiger partial charge < -0.3 is 24.8 Å². The first-order chi connectivity index (χ1) is 17.1. The van der Waals surface area contributed by atoms with Crippen LogP contribution in [0.5, 0.6) is 0 Å². The molecule has 0 radical (unpaired) electrons. The van der Waals surface area contributed by atoms with Crippen molar-refractivity contribution in [2.24, 2.45) is 0 Å². The second-order valence-electron chi connectivity index (χ2n) is 10.7. The van der Waals surface area contributed by atoms with Crippen molar-refractivity contribution in [2.45, 2.75) is 63.7 Å². The summed E-state index contributed by atoms with van der Waals surface area (Å²) in [5, 5.41) is 3.18. The molecule has 1 N–H and O–H groups in total. The quantitative estimate of drug-likeness (QED) is 0.673. The molecule has 0 spiro atoms. The fraction of sp³-hybridized carbons (Fsp3) is 0.692. The molecule has 6 rings (SSSR count). The Hall–Kier alpha value is -2.36. The Balaban J connectivity index is 1.06. The Bertz CT molecular complexity index is 1050. The number of piperidine rings is 1. The highest BCUT2D eigenvalue weighted by molar-refractivity contribution is 5.93. The molecule has 2 unspecified atom stereocenters. The molecule has 9 nitrogen and oxygen atoms in total. The zero-order valence-corrected chi connectivity index (χ0v) is 20.8. The topological polar surface area (TPSA) is 86.7 Å². The molecule has 4 aliphatic rings. The van der Waals surface area contributed by atoms with Crippen LogP contribution in [0.4, 0.5) is 5.82 Å². The van der Waals surface area contributed by atoms with Crippen LogP contribution >= 0.6 is 0 Å². The number of nitrogens with one attached hydrogen (secondary N) is 1. The number of anilines is 1. The molecule has 188 valence electrons. The van der Waals surface area contributed by atoms with E-state index in [0.29, 0.717) is 12.2 Å². The molecule has 1 amide bonds. The largest absolute Gasteiger partial charge is 0.371 e. The third-order valence-electron chi connectivity index (χ3n) is 8.13. The number of nitrogens with zero attached hydrogens (tertiary/aromatic N) is 6. The Labute approximate surface area is 207 Å². The third kappa shape index (κ3) is 5.13. The smallest absolute Gasteiger partial charge is 0.289 e. The van der Waals surface area contributed by atoms with E-state index in [1.807, 2.05) is 19.1 Å². The van der Waals surface area contributed by atoms with Crippen molar-refractivity contribution in [3.63, 3.8) is 0 Å². The highest BCUT2D eigenvalue weighted by Gasteiger charge is 2.34. The molecule has 4 aliphatic heterocycles. The molecule has 2 bridgehead atoms. The van der Waals surface area contributed by atoms with E-state index in [-0.39, 0.29) is 17.8 Å². The van der Waals surface area contributed by atoms with Gasteiger partial charge in [0.15, 0.2) is 0 Å². The van der Waals surface area contributed by atoms with Gasteiger partial charge in [-0.3, -0.25) is 4.79 Å². The van der Waals surface area contributed by atoms with Crippen LogP contribution < -0.4 is 10.2 Å². The lowest BCUT2D eigenvalue weighted by Crippen LogP contribution is -2.46. The van der Waals surface area contributed by atoms with Crippen molar-refractivity contribution in [3.05, 3.63) is 23.7 Å². The molecule has 35 heavy (non-hydrogen) atoms. The lowest BCUT2D eigenvalue weighted by molar-refractivity contribution is 0.0302. The van der Waals surface area contributed by atoms with Gasteiger partial charge in [0.2, 0.25) is 5.82 Å². The van der Waals surface area contributed by atoms with Gasteiger partial charge in [0.1, 0.15) is 11.3 Å². The van der Waals surface area contributed by atoms with Gasteiger partial charge in [0, 0.05) is 45.3 Å². The molecular weight excluding hydrogens is 442 g/mol. The fourth-order valence-electron chi connectivity index (χ4n) is 6.07. The summed E-state index contributed by atoms with van der Waals surface area (Å²) in [7, 11) is 0. The van der Waals surface area contributed by atoms with Crippen LogP contribution in [-0.4, -0.2) is 101 Å². The number of fused-ring (bicyclic) bond motifs is 3. The van der Waals surface area contributed by atoms with Crippen molar-refractivity contribution >= 4 is 22.8 Å². The average Bonchev–Trinajstić information content (AvgIpc) is 3.52. The highest BCUT2D eigenvalue weighted by Crippen LogP contribution is 2.29. The van der Waals surface area contributed by atoms with Gasteiger partial charge in [-0.25, -0.2) is 15.0 Å². The normalized spacial score (nSPS) is 26.0. The lowest BCUT2D eigenvalue weighted by atomic mass is 10.0. The summed E-state index contributed by atoms with van der Waals surface area (Å²) in [6, 6.07) is 4.17. The predicted molar refractivity (Wildman–Crippen MR) is 135 cm³/mol. The number of morpholine rings is 1. The number of ether oxygens (including phenoxy) is 1. The molecule has 0 saturated carbocycles. The summed E-state index contributed by atoms with van der Waals surface area (Å²) < 4.78 is 5.96. The summed E-state index contributed by atoms with van der Waals surface area (Å²) in [5.41, 5.74) is 2.23. The SMILES string of the molecule is Cc1nc(C(=O)NC2CCN(CCN3CCCC3)CC2)nc2ccc(N3CC4CCC(C3)O4)nc12. The number of rotatable bonds is 6. The first-order valence-corrected chi connectivity index (χ1v) is 13.4. The van der Waals surface area contributed by atoms with Gasteiger partial charge in [-0.05, 0) is 70.7 Å². The van der Waals surface area contributed by atoms with E-state index >= 15 is 0 Å². The number of hydrogen-bond acceptors (Lipinski definition) is 8. The summed E-state index contributed by atoms with van der Waals surface area (Å²) in [5.74, 6) is 1.00. The maximum absolute atomic E-state index is 13.0. The van der Waals surface area contributed by atoms with Crippen LogP contribution in [0.15, 0.2) is 12.1 Å². The first kappa shape index (κ1) is 23.1. The van der Waals surface area contributed by atoms with Gasteiger partial charge in [0.25, 0.3) is 5.91 Å². The van der Waals surface area contributed by atoms with Crippen LogP contribution in [0.1, 0.15) is 54.8 Å². The van der Waals surface area contributed by atoms with Crippen LogP contribution in [-0.2, 0) is 4.74 Å². The van der Waals surface area contributed by atoms with E-state index in [1.54, 1.807) is 0 Å². The number of aryl methyl sites for hydroxylation is 1. The minimum atomic E-state index is -0.181. The van der Waals surface area contributed by atoms with Crippen LogP contribution in [0.3, 0.4) is 0 Å². The minimum absolute atomic E-state index is 0.181. The molecule has 2 aromatic rings. The number of aromatic nitrogens is 3. The molecule has 6 heterocycles. The Kier molecular flexibility index (Phi) is 6.56. The van der Waals surface area contributed by atoms with E-state index in [2.05, 4.69) is 30.0 Å². The number of carbonyl (C=O) groups excluding carboxylic acids is 1. The number of carbonyl (C=O) groups is 1. The molecule has 0 aromatic carbocycles. The summed E-state index contributed by atoms with van der Waals surface area (Å²) in [4.78, 5) is 34.4. The fourth-order valence-corrected chi connectivity index (χ4v) is 6.07. The standard InChI is InChI=1S/C26H37N7O2/c1-18-24-22(6-7-23(30-24)33-16-20-4-5-21(17-33)35-20)29-25(27-18)26(34)28-19-8-12-32(13-9-19)15-14-31-10-2-3-11-31/h6-7,19-21H,2-5,8-17H2,1H3,(H,28,34). The highest BCUT2D eigenvalue weighted by atomic mass is 16.5. The van der Waals surface area contributed by atoms with Gasteiger partial charge >= 0.3 is 0 Å². The van der Waals surface area contributed by atoms with Gasteiger partial charge in [-0.1, -0.05) is 0 Å². The summed E-state index contributed by atoms with van der Waals surface area (Å²) in [6.45, 7) is 10.6. The average molecular weight is 480 g/mol. The Morgan fingerprint density at radius 1 is 0.943 bits per heavy atom. The van der Waals surface area contributed by atoms with Gasteiger partial charge in [-0.15, -0.1) is 0 Å². The Morgan fingerprint density at radius 2 is 1.63 bits per heavy atom. The summed E-state index contributed by atoms with van der Waals surface area (Å²) >= 11 is 0. The van der Waals surface area contributed by atoms with Crippen LogP contribution in [0, 0.1) is 6.92 Å². The molecule has 2 atom stereocenters. The maximum Gasteiger partial charge on any atom is 0.289 e. The van der Waals surface area contributed by atoms with Crippen molar-refractivity contribution in [1.29, 1.82) is 0 Å². The van der Waals surface area contributed by atoms with Gasteiger partial charge in [-0.2, -0.15) is 0 Å². The monoisotopic (exact) mass is 479 g/mol. The van der Waals surface area contributed by atoms with Crippen LogP contribution in [0.2, 0.25) is 0 Å². The van der Waals surface area contributed by atoms with E-state index in [9.17, 15) is 4.79 Å². The summed E-state index contributed by atoms with van der Waals surface area (Å²) in [6.07, 6.45) is 7.53. The number of pyridine rings is 1. The molecule has 2 aromatic heterocycles. The number of hydrogen-bond donors (Lipinski definition) is 1. The number of amides is 1. The Morgan fingerprint density at radius 3 is 2.34 bits per heavy atom. The van der Waals surface area contributed by atoms with Crippen molar-refractivity contribution in [1.82, 2.24) is 30.1 Å². The van der Waals surface area contributed by atoms with E-state index in [4.69, 9.17) is 9.72 Å². The predicted octanol–water partition coefficient (Wildman–Crippen LogP) is 1.99. The van der Waals surface area contributed by atoms with Crippen molar-refractivity contribution in [3.8, 4) is 0 Å². The second kappa shape index (κ2) is 9.95. The molecule has 4 fully saturated rings. The van der Waals surface area contributed by atoms with Crippen molar-refractivity contribution in [2.75, 3.05) is 57.3 Å². The van der Waals surface area contributed by atoms with Crippen molar-refractivity contribution < 1.29 is 9.53 Å². The molecular formula is C26H37N7O2. The van der Waals surface area contributed by atoms with Crippen LogP contribution in [0.25, 0.3) is 11.0 Å². The zero-order chi connectivity index (χ0) is 23.8. The third-order valence-corrected chi connectivity index (χ3v) is 8.13. The lowest BCUT2D eigenvalue weighted by Gasteiger charge is -2.33. The van der Waals surface area contributed by atoms with E-state index in [1.165, 1.54) is 32.5 Å². The minimum Gasteiger partial charge on any atom is -0.371 e. The van der Waals surface area contributed by atoms with Gasteiger partial charge in [0.05, 0.1) is 23.4 Å². The first-order valence-electron chi connectivity index (χ1n) is 13.4. The van der Waals surface area contributed by atoms with E-state index < -0.39 is 0 Å². The second-order valence-corrected chi connectivity index (χ2v) is 10.7. The molecule has 9 heteroatoms.